The normalized spacial score (nSPS) is 10.5. The highest BCUT2D eigenvalue weighted by molar-refractivity contribution is 7.99. The number of rotatable bonds is 6. The minimum atomic E-state index is -0.510. The second-order valence-corrected chi connectivity index (χ2v) is 7.34. The molecule has 0 saturated heterocycles. The van der Waals surface area contributed by atoms with E-state index < -0.39 is 11.9 Å². The van der Waals surface area contributed by atoms with E-state index in [2.05, 4.69) is 20.8 Å². The van der Waals surface area contributed by atoms with Gasteiger partial charge in [0.1, 0.15) is 6.33 Å². The predicted octanol–water partition coefficient (Wildman–Crippen LogP) is 2.76. The van der Waals surface area contributed by atoms with E-state index in [1.54, 1.807) is 17.7 Å². The summed E-state index contributed by atoms with van der Waals surface area (Å²) in [5.41, 5.74) is 2.03. The Morgan fingerprint density at radius 2 is 2.08 bits per heavy atom. The van der Waals surface area contributed by atoms with E-state index >= 15 is 0 Å². The number of hydrogen-bond acceptors (Lipinski definition) is 6. The van der Waals surface area contributed by atoms with Crippen LogP contribution in [-0.2, 0) is 11.3 Å². The van der Waals surface area contributed by atoms with Crippen LogP contribution < -0.4 is 10.6 Å². The topological polar surface area (TPSA) is 88.9 Å². The van der Waals surface area contributed by atoms with Gasteiger partial charge in [-0.2, -0.15) is 0 Å². The van der Waals surface area contributed by atoms with Crippen LogP contribution in [0.2, 0.25) is 0 Å². The third-order valence-corrected chi connectivity index (χ3v) is 5.30. The smallest absolute Gasteiger partial charge is 0.321 e. The molecule has 0 aliphatic carbocycles. The number of nitrogens with one attached hydrogen (secondary N) is 2. The Morgan fingerprint density at radius 3 is 2.85 bits per heavy atom. The predicted molar refractivity (Wildman–Crippen MR) is 102 cm³/mol. The van der Waals surface area contributed by atoms with Gasteiger partial charge in [-0.3, -0.25) is 14.7 Å². The van der Waals surface area contributed by atoms with Gasteiger partial charge in [0.2, 0.25) is 5.91 Å². The Bertz CT molecular complexity index is 892. The molecule has 2 aromatic heterocycles. The second-order valence-electron chi connectivity index (χ2n) is 5.37. The lowest BCUT2D eigenvalue weighted by atomic mass is 10.2. The molecule has 0 aliphatic heterocycles. The maximum Gasteiger partial charge on any atom is 0.321 e. The summed E-state index contributed by atoms with van der Waals surface area (Å²) in [4.78, 5) is 24.8. The third-order valence-electron chi connectivity index (χ3n) is 3.48. The van der Waals surface area contributed by atoms with E-state index in [9.17, 15) is 9.59 Å². The summed E-state index contributed by atoms with van der Waals surface area (Å²) in [7, 11) is 0. The van der Waals surface area contributed by atoms with E-state index in [1.165, 1.54) is 11.8 Å². The molecule has 0 saturated carbocycles. The Kier molecular flexibility index (Phi) is 6.03. The molecule has 0 atom stereocenters. The van der Waals surface area contributed by atoms with Gasteiger partial charge >= 0.3 is 6.03 Å². The van der Waals surface area contributed by atoms with Crippen molar-refractivity contribution in [1.82, 2.24) is 25.4 Å². The summed E-state index contributed by atoms with van der Waals surface area (Å²) in [6.07, 6.45) is 1.61. The molecule has 2 N–H and O–H groups in total. The lowest BCUT2D eigenvalue weighted by Crippen LogP contribution is -2.39. The number of imide groups is 1. The van der Waals surface area contributed by atoms with E-state index in [0.717, 1.165) is 16.1 Å². The number of hydrogen-bond donors (Lipinski definition) is 2. The summed E-state index contributed by atoms with van der Waals surface area (Å²) < 4.78 is 1.82. The molecule has 134 valence electrons. The molecule has 0 aliphatic rings. The number of carbonyl (C=O) groups is 2. The standard InChI is InChI=1S/C17H17N5O2S2/c1-12-5-2-3-7-14(12)22-11-19-21-17(22)26-10-15(23)20-16(24)18-9-13-6-4-8-25-13/h2-8,11H,9-10H2,1H3,(H2,18,20,23,24). The monoisotopic (exact) mass is 387 g/mol. The van der Waals surface area contributed by atoms with Crippen molar-refractivity contribution >= 4 is 35.0 Å². The molecule has 3 aromatic rings. The summed E-state index contributed by atoms with van der Waals surface area (Å²) in [6.45, 7) is 2.39. The van der Waals surface area contributed by atoms with Crippen molar-refractivity contribution in [1.29, 1.82) is 0 Å². The minimum Gasteiger partial charge on any atom is -0.333 e. The van der Waals surface area contributed by atoms with Crippen molar-refractivity contribution in [3.05, 3.63) is 58.5 Å². The first-order valence-corrected chi connectivity index (χ1v) is 9.69. The first kappa shape index (κ1) is 18.2. The molecule has 26 heavy (non-hydrogen) atoms. The number of amides is 3. The van der Waals surface area contributed by atoms with Crippen molar-refractivity contribution < 1.29 is 9.59 Å². The maximum atomic E-state index is 12.0. The van der Waals surface area contributed by atoms with Crippen LogP contribution in [0.1, 0.15) is 10.4 Å². The van der Waals surface area contributed by atoms with Crippen LogP contribution in [0.5, 0.6) is 0 Å². The van der Waals surface area contributed by atoms with Gasteiger partial charge in [-0.1, -0.05) is 36.0 Å². The zero-order chi connectivity index (χ0) is 18.4. The number of urea groups is 1. The van der Waals surface area contributed by atoms with Gasteiger partial charge in [-0.05, 0) is 30.0 Å². The van der Waals surface area contributed by atoms with Crippen LogP contribution in [0.4, 0.5) is 4.79 Å². The van der Waals surface area contributed by atoms with Crippen molar-refractivity contribution in [2.24, 2.45) is 0 Å². The van der Waals surface area contributed by atoms with Crippen LogP contribution in [0, 0.1) is 6.92 Å². The van der Waals surface area contributed by atoms with Gasteiger partial charge in [0.25, 0.3) is 0 Å². The third kappa shape index (κ3) is 4.70. The van der Waals surface area contributed by atoms with Gasteiger partial charge < -0.3 is 5.32 Å². The minimum absolute atomic E-state index is 0.0665. The average molecular weight is 387 g/mol. The zero-order valence-corrected chi connectivity index (χ0v) is 15.6. The molecule has 0 fully saturated rings. The van der Waals surface area contributed by atoms with Crippen LogP contribution in [-0.4, -0.2) is 32.5 Å². The fourth-order valence-electron chi connectivity index (χ4n) is 2.24. The number of aryl methyl sites for hydroxylation is 1. The zero-order valence-electron chi connectivity index (χ0n) is 14.0. The number of aromatic nitrogens is 3. The summed E-state index contributed by atoms with van der Waals surface area (Å²) >= 11 is 2.77. The Hall–Kier alpha value is -2.65. The van der Waals surface area contributed by atoms with Gasteiger partial charge in [0, 0.05) is 4.88 Å². The molecular weight excluding hydrogens is 370 g/mol. The molecule has 9 heteroatoms. The fourth-order valence-corrected chi connectivity index (χ4v) is 3.61. The first-order valence-electron chi connectivity index (χ1n) is 7.82. The quantitative estimate of drug-likeness (QED) is 0.635. The maximum absolute atomic E-state index is 12.0. The number of thioether (sulfide) groups is 1. The van der Waals surface area contributed by atoms with Crippen molar-refractivity contribution in [3.63, 3.8) is 0 Å². The number of nitrogens with zero attached hydrogens (tertiary/aromatic N) is 3. The number of thiophene rings is 1. The molecule has 3 rings (SSSR count). The van der Waals surface area contributed by atoms with E-state index in [4.69, 9.17) is 0 Å². The molecule has 1 aromatic carbocycles. The van der Waals surface area contributed by atoms with E-state index in [1.807, 2.05) is 53.3 Å². The Labute approximate surface area is 158 Å². The second kappa shape index (κ2) is 8.63. The largest absolute Gasteiger partial charge is 0.333 e. The lowest BCUT2D eigenvalue weighted by molar-refractivity contribution is -0.117. The molecule has 3 amide bonds. The average Bonchev–Trinajstić information content (AvgIpc) is 3.30. The molecule has 0 unspecified atom stereocenters. The molecule has 0 bridgehead atoms. The van der Waals surface area contributed by atoms with Crippen molar-refractivity contribution in [2.75, 3.05) is 5.75 Å². The molecular formula is C17H17N5O2S2. The lowest BCUT2D eigenvalue weighted by Gasteiger charge is -2.09. The fraction of sp³-hybridized carbons (Fsp3) is 0.176. The summed E-state index contributed by atoms with van der Waals surface area (Å²) in [5, 5.41) is 15.5. The highest BCUT2D eigenvalue weighted by Crippen LogP contribution is 2.21. The first-order chi connectivity index (χ1) is 12.6. The van der Waals surface area contributed by atoms with E-state index in [-0.39, 0.29) is 5.75 Å². The van der Waals surface area contributed by atoms with Crippen LogP contribution >= 0.6 is 23.1 Å². The van der Waals surface area contributed by atoms with Gasteiger partial charge in [0.15, 0.2) is 5.16 Å². The van der Waals surface area contributed by atoms with Gasteiger partial charge in [0.05, 0.1) is 18.0 Å². The molecule has 7 nitrogen and oxygen atoms in total. The Morgan fingerprint density at radius 1 is 1.23 bits per heavy atom. The molecule has 0 radical (unpaired) electrons. The van der Waals surface area contributed by atoms with Crippen molar-refractivity contribution in [3.8, 4) is 5.69 Å². The van der Waals surface area contributed by atoms with Crippen LogP contribution in [0.3, 0.4) is 0 Å². The van der Waals surface area contributed by atoms with E-state index in [0.29, 0.717) is 11.7 Å². The number of para-hydroxylation sites is 1. The number of benzene rings is 1. The summed E-state index contributed by atoms with van der Waals surface area (Å²) in [5.74, 6) is -0.324. The van der Waals surface area contributed by atoms with Crippen LogP contribution in [0.25, 0.3) is 5.69 Å². The van der Waals surface area contributed by atoms with Gasteiger partial charge in [-0.15, -0.1) is 21.5 Å². The molecule has 0 spiro atoms. The summed E-state index contributed by atoms with van der Waals surface area (Å²) in [6, 6.07) is 11.2. The molecule has 2 heterocycles. The highest BCUT2D eigenvalue weighted by atomic mass is 32.2. The van der Waals surface area contributed by atoms with Crippen molar-refractivity contribution in [2.45, 2.75) is 18.6 Å². The van der Waals surface area contributed by atoms with Crippen LogP contribution in [0.15, 0.2) is 53.3 Å². The Balaban J connectivity index is 1.51. The highest BCUT2D eigenvalue weighted by Gasteiger charge is 2.13. The van der Waals surface area contributed by atoms with Gasteiger partial charge in [-0.25, -0.2) is 4.79 Å². The SMILES string of the molecule is Cc1ccccc1-n1cnnc1SCC(=O)NC(=O)NCc1cccs1. The number of carbonyl (C=O) groups excluding carboxylic acids is 2.